The van der Waals surface area contributed by atoms with Crippen LogP contribution in [0.4, 0.5) is 15.2 Å². The lowest BCUT2D eigenvalue weighted by Gasteiger charge is -2.03. The van der Waals surface area contributed by atoms with Crippen LogP contribution in [-0.4, -0.2) is 10.9 Å². The molecule has 1 heterocycles. The summed E-state index contributed by atoms with van der Waals surface area (Å²) >= 11 is 6.81. The number of nitrogens with zero attached hydrogens (tertiary/aromatic N) is 1. The van der Waals surface area contributed by atoms with Crippen LogP contribution < -0.4 is 11.1 Å². The normalized spacial score (nSPS) is 10.2. The van der Waals surface area contributed by atoms with Gasteiger partial charge in [0.1, 0.15) is 11.5 Å². The molecule has 0 radical (unpaired) electrons. The van der Waals surface area contributed by atoms with Gasteiger partial charge < -0.3 is 11.1 Å². The van der Waals surface area contributed by atoms with Crippen molar-refractivity contribution >= 4 is 39.7 Å². The lowest BCUT2D eigenvalue weighted by Crippen LogP contribution is -2.12. The third-order valence-corrected chi connectivity index (χ3v) is 2.77. The molecule has 0 spiro atoms. The van der Waals surface area contributed by atoms with E-state index >= 15 is 0 Å². The minimum atomic E-state index is -0.523. The van der Waals surface area contributed by atoms with Crippen molar-refractivity contribution in [1.82, 2.24) is 4.98 Å². The van der Waals surface area contributed by atoms with Crippen LogP contribution in [0.2, 0.25) is 5.02 Å². The summed E-state index contributed by atoms with van der Waals surface area (Å²) in [6.07, 6.45) is 0. The van der Waals surface area contributed by atoms with Crippen LogP contribution in [0.3, 0.4) is 0 Å². The Balaban J connectivity index is 2.18. The monoisotopic (exact) mass is 271 g/mol. The maximum atomic E-state index is 13.0. The molecule has 1 aromatic carbocycles. The summed E-state index contributed by atoms with van der Waals surface area (Å²) < 4.78 is 13.0. The average Bonchev–Trinajstić information content (AvgIpc) is 2.63. The molecule has 0 fully saturated rings. The van der Waals surface area contributed by atoms with Gasteiger partial charge in [-0.15, -0.1) is 11.3 Å². The van der Waals surface area contributed by atoms with Crippen LogP contribution >= 0.6 is 22.9 Å². The predicted molar refractivity (Wildman–Crippen MR) is 65.9 cm³/mol. The number of halogens is 2. The first-order valence-corrected chi connectivity index (χ1v) is 5.79. The predicted octanol–water partition coefficient (Wildman–Crippen LogP) is 2.77. The summed E-state index contributed by atoms with van der Waals surface area (Å²) in [6, 6.07) is 3.76. The Bertz CT molecular complexity index is 552. The van der Waals surface area contributed by atoms with Gasteiger partial charge in [-0.2, -0.15) is 0 Å². The molecule has 88 valence electrons. The number of nitrogens with one attached hydrogen (secondary N) is 1. The molecule has 0 bridgehead atoms. The summed E-state index contributed by atoms with van der Waals surface area (Å²) in [5.41, 5.74) is 5.86. The van der Waals surface area contributed by atoms with E-state index in [1.165, 1.54) is 17.5 Å². The van der Waals surface area contributed by atoms with Gasteiger partial charge in [-0.3, -0.25) is 4.79 Å². The summed E-state index contributed by atoms with van der Waals surface area (Å²) in [5, 5.41) is 4.50. The number of thiazole rings is 1. The highest BCUT2D eigenvalue weighted by atomic mass is 35.5. The molecule has 17 heavy (non-hydrogen) atoms. The standard InChI is InChI=1S/C10H7ClFN3OS/c11-5-1-6(12)3-7(2-5)14-9(16)8-4-17-10(13)15-8/h1-4H,(H2,13,15)(H,14,16). The van der Waals surface area contributed by atoms with Crippen molar-refractivity contribution < 1.29 is 9.18 Å². The Kier molecular flexibility index (Phi) is 3.26. The number of anilines is 2. The molecule has 3 N–H and O–H groups in total. The molecule has 4 nitrogen and oxygen atoms in total. The molecule has 2 aromatic rings. The summed E-state index contributed by atoms with van der Waals surface area (Å²) in [4.78, 5) is 15.5. The largest absolute Gasteiger partial charge is 0.375 e. The van der Waals surface area contributed by atoms with E-state index in [1.54, 1.807) is 0 Å². The number of rotatable bonds is 2. The maximum absolute atomic E-state index is 13.0. The third-order valence-electron chi connectivity index (χ3n) is 1.88. The lowest BCUT2D eigenvalue weighted by molar-refractivity contribution is 0.102. The SMILES string of the molecule is Nc1nc(C(=O)Nc2cc(F)cc(Cl)c2)cs1. The number of benzene rings is 1. The number of amides is 1. The van der Waals surface area contributed by atoms with E-state index < -0.39 is 11.7 Å². The van der Waals surface area contributed by atoms with Crippen molar-refractivity contribution in [3.63, 3.8) is 0 Å². The second kappa shape index (κ2) is 4.68. The summed E-state index contributed by atoms with van der Waals surface area (Å²) in [6.45, 7) is 0. The lowest BCUT2D eigenvalue weighted by atomic mass is 10.3. The minimum Gasteiger partial charge on any atom is -0.375 e. The van der Waals surface area contributed by atoms with Gasteiger partial charge in [0.05, 0.1) is 0 Å². The molecule has 0 aliphatic rings. The quantitative estimate of drug-likeness (QED) is 0.882. The van der Waals surface area contributed by atoms with E-state index in [1.807, 2.05) is 0 Å². The molecular formula is C10H7ClFN3OS. The van der Waals surface area contributed by atoms with E-state index in [4.69, 9.17) is 17.3 Å². The molecule has 0 saturated carbocycles. The number of carbonyl (C=O) groups excluding carboxylic acids is 1. The van der Waals surface area contributed by atoms with Crippen LogP contribution in [0.25, 0.3) is 0 Å². The second-order valence-corrected chi connectivity index (χ2v) is 4.51. The molecule has 0 saturated heterocycles. The third kappa shape index (κ3) is 2.92. The number of hydrogen-bond donors (Lipinski definition) is 2. The van der Waals surface area contributed by atoms with Crippen molar-refractivity contribution in [3.05, 3.63) is 40.1 Å². The molecule has 0 unspecified atom stereocenters. The van der Waals surface area contributed by atoms with Crippen molar-refractivity contribution in [2.24, 2.45) is 0 Å². The fourth-order valence-corrected chi connectivity index (χ4v) is 1.98. The fraction of sp³-hybridized carbons (Fsp3) is 0. The zero-order valence-corrected chi connectivity index (χ0v) is 9.98. The topological polar surface area (TPSA) is 68.0 Å². The van der Waals surface area contributed by atoms with Gasteiger partial charge in [-0.05, 0) is 18.2 Å². The first-order chi connectivity index (χ1) is 8.04. The molecular weight excluding hydrogens is 265 g/mol. The number of nitrogens with two attached hydrogens (primary N) is 1. The van der Waals surface area contributed by atoms with Gasteiger partial charge in [0.2, 0.25) is 0 Å². The molecule has 0 aliphatic heterocycles. The molecule has 2 rings (SSSR count). The van der Waals surface area contributed by atoms with Gasteiger partial charge in [-0.25, -0.2) is 9.37 Å². The van der Waals surface area contributed by atoms with Crippen LogP contribution in [-0.2, 0) is 0 Å². The Morgan fingerprint density at radius 1 is 1.47 bits per heavy atom. The van der Waals surface area contributed by atoms with Gasteiger partial charge in [0, 0.05) is 16.1 Å². The zero-order chi connectivity index (χ0) is 12.4. The van der Waals surface area contributed by atoms with Crippen molar-refractivity contribution in [3.8, 4) is 0 Å². The van der Waals surface area contributed by atoms with Crippen molar-refractivity contribution in [2.45, 2.75) is 0 Å². The van der Waals surface area contributed by atoms with Crippen LogP contribution in [0, 0.1) is 5.82 Å². The second-order valence-electron chi connectivity index (χ2n) is 3.18. The number of aromatic nitrogens is 1. The highest BCUT2D eigenvalue weighted by Crippen LogP contribution is 2.19. The van der Waals surface area contributed by atoms with Crippen LogP contribution in [0.15, 0.2) is 23.6 Å². The fourth-order valence-electron chi connectivity index (χ4n) is 1.21. The summed E-state index contributed by atoms with van der Waals surface area (Å²) in [5.74, 6) is -0.981. The minimum absolute atomic E-state index is 0.188. The van der Waals surface area contributed by atoms with E-state index in [2.05, 4.69) is 10.3 Å². The van der Waals surface area contributed by atoms with Gasteiger partial charge >= 0.3 is 0 Å². The van der Waals surface area contributed by atoms with Crippen LogP contribution in [0.5, 0.6) is 0 Å². The van der Waals surface area contributed by atoms with Gasteiger partial charge in [0.15, 0.2) is 5.13 Å². The summed E-state index contributed by atoms with van der Waals surface area (Å²) in [7, 11) is 0. The molecule has 1 amide bonds. The smallest absolute Gasteiger partial charge is 0.275 e. The number of carbonyl (C=O) groups is 1. The first-order valence-electron chi connectivity index (χ1n) is 4.53. The number of nitrogen functional groups attached to an aromatic ring is 1. The van der Waals surface area contributed by atoms with E-state index in [0.29, 0.717) is 5.13 Å². The molecule has 1 aromatic heterocycles. The van der Waals surface area contributed by atoms with E-state index in [-0.39, 0.29) is 16.4 Å². The Labute approximate surface area is 105 Å². The van der Waals surface area contributed by atoms with Crippen molar-refractivity contribution in [2.75, 3.05) is 11.1 Å². The zero-order valence-electron chi connectivity index (χ0n) is 8.41. The molecule has 0 atom stereocenters. The van der Waals surface area contributed by atoms with Crippen molar-refractivity contribution in [1.29, 1.82) is 0 Å². The van der Waals surface area contributed by atoms with Gasteiger partial charge in [-0.1, -0.05) is 11.6 Å². The highest BCUT2D eigenvalue weighted by Gasteiger charge is 2.10. The van der Waals surface area contributed by atoms with Crippen LogP contribution in [0.1, 0.15) is 10.5 Å². The number of hydrogen-bond acceptors (Lipinski definition) is 4. The Morgan fingerprint density at radius 3 is 2.82 bits per heavy atom. The molecule has 0 aliphatic carbocycles. The van der Waals surface area contributed by atoms with E-state index in [9.17, 15) is 9.18 Å². The highest BCUT2D eigenvalue weighted by molar-refractivity contribution is 7.13. The molecule has 7 heteroatoms. The van der Waals surface area contributed by atoms with Gasteiger partial charge in [0.25, 0.3) is 5.91 Å². The Hall–Kier alpha value is -1.66. The Morgan fingerprint density at radius 2 is 2.24 bits per heavy atom. The first kappa shape index (κ1) is 11.8. The maximum Gasteiger partial charge on any atom is 0.275 e. The van der Waals surface area contributed by atoms with E-state index in [0.717, 1.165) is 17.4 Å². The average molecular weight is 272 g/mol.